The van der Waals surface area contributed by atoms with Crippen LogP contribution in [0, 0.1) is 6.07 Å². The normalized spacial score (nSPS) is 15.3. The average molecular weight is 190 g/mol. The van der Waals surface area contributed by atoms with Gasteiger partial charge in [0.1, 0.15) is 5.75 Å². The molecule has 1 heterocycles. The van der Waals surface area contributed by atoms with Gasteiger partial charge in [0, 0.05) is 13.5 Å². The van der Waals surface area contributed by atoms with Crippen LogP contribution >= 0.6 is 0 Å². The van der Waals surface area contributed by atoms with Crippen molar-refractivity contribution in [3.05, 3.63) is 23.8 Å². The number of carbonyl (C=O) groups is 1. The Morgan fingerprint density at radius 3 is 2.93 bits per heavy atom. The zero-order valence-electron chi connectivity index (χ0n) is 8.33. The zero-order valence-corrected chi connectivity index (χ0v) is 8.33. The van der Waals surface area contributed by atoms with Crippen LogP contribution < -0.4 is 9.64 Å². The second-order valence-electron chi connectivity index (χ2n) is 3.35. The number of benzene rings is 1. The maximum Gasteiger partial charge on any atom is 0.227 e. The Kier molecular flexibility index (Phi) is 2.15. The number of amides is 1. The number of aryl methyl sites for hydroxylation is 1. The lowest BCUT2D eigenvalue weighted by atomic mass is 10.0. The third-order valence-electron chi connectivity index (χ3n) is 2.52. The molecule has 0 fully saturated rings. The first-order valence-corrected chi connectivity index (χ1v) is 4.58. The molecule has 73 valence electrons. The third kappa shape index (κ3) is 1.35. The maximum atomic E-state index is 11.4. The SMILES string of the molecule is COc1[c]c2c(cc1)CCC(=O)N2C. The van der Waals surface area contributed by atoms with Gasteiger partial charge in [-0.3, -0.25) is 4.79 Å². The average Bonchev–Trinajstić information content (AvgIpc) is 2.23. The molecule has 3 nitrogen and oxygen atoms in total. The van der Waals surface area contributed by atoms with Crippen molar-refractivity contribution in [1.82, 2.24) is 0 Å². The van der Waals surface area contributed by atoms with Crippen LogP contribution in [0.25, 0.3) is 0 Å². The minimum absolute atomic E-state index is 0.141. The van der Waals surface area contributed by atoms with E-state index in [1.165, 1.54) is 0 Å². The number of fused-ring (bicyclic) bond motifs is 1. The minimum atomic E-state index is 0.141. The smallest absolute Gasteiger partial charge is 0.227 e. The van der Waals surface area contributed by atoms with E-state index in [1.807, 2.05) is 12.1 Å². The molecule has 0 aromatic heterocycles. The largest absolute Gasteiger partial charge is 0.496 e. The molecule has 0 spiro atoms. The molecule has 14 heavy (non-hydrogen) atoms. The van der Waals surface area contributed by atoms with E-state index in [-0.39, 0.29) is 5.91 Å². The lowest BCUT2D eigenvalue weighted by Gasteiger charge is -2.25. The van der Waals surface area contributed by atoms with Crippen LogP contribution in [0.5, 0.6) is 5.75 Å². The third-order valence-corrected chi connectivity index (χ3v) is 2.52. The molecule has 1 amide bonds. The highest BCUT2D eigenvalue weighted by Crippen LogP contribution is 2.29. The number of nitrogens with zero attached hydrogens (tertiary/aromatic N) is 1. The first-order valence-electron chi connectivity index (χ1n) is 4.58. The molecule has 0 aliphatic carbocycles. The lowest BCUT2D eigenvalue weighted by molar-refractivity contribution is -0.118. The van der Waals surface area contributed by atoms with E-state index in [0.29, 0.717) is 12.2 Å². The van der Waals surface area contributed by atoms with Crippen LogP contribution in [0.15, 0.2) is 12.1 Å². The molecule has 0 atom stereocenters. The monoisotopic (exact) mass is 190 g/mol. The lowest BCUT2D eigenvalue weighted by Crippen LogP contribution is -2.31. The fourth-order valence-corrected chi connectivity index (χ4v) is 1.65. The number of hydrogen-bond acceptors (Lipinski definition) is 2. The van der Waals surface area contributed by atoms with Crippen molar-refractivity contribution in [2.24, 2.45) is 0 Å². The summed E-state index contributed by atoms with van der Waals surface area (Å²) in [6.07, 6.45) is 1.39. The minimum Gasteiger partial charge on any atom is -0.496 e. The molecular weight excluding hydrogens is 178 g/mol. The van der Waals surface area contributed by atoms with Crippen LogP contribution in [0.1, 0.15) is 12.0 Å². The Labute approximate surface area is 83.3 Å². The Balaban J connectivity index is 2.46. The van der Waals surface area contributed by atoms with Crippen molar-refractivity contribution in [3.8, 4) is 5.75 Å². The van der Waals surface area contributed by atoms with Crippen molar-refractivity contribution >= 4 is 11.6 Å². The molecule has 1 aromatic carbocycles. The number of carbonyl (C=O) groups excluding carboxylic acids is 1. The fourth-order valence-electron chi connectivity index (χ4n) is 1.65. The summed E-state index contributed by atoms with van der Waals surface area (Å²) in [6, 6.07) is 6.95. The Morgan fingerprint density at radius 1 is 1.43 bits per heavy atom. The Hall–Kier alpha value is -1.51. The summed E-state index contributed by atoms with van der Waals surface area (Å²) in [4.78, 5) is 13.1. The van der Waals surface area contributed by atoms with Gasteiger partial charge in [0.2, 0.25) is 5.91 Å². The molecule has 3 heteroatoms. The van der Waals surface area contributed by atoms with Gasteiger partial charge in [-0.05, 0) is 18.1 Å². The van der Waals surface area contributed by atoms with E-state index in [2.05, 4.69) is 6.07 Å². The quantitative estimate of drug-likeness (QED) is 0.670. The van der Waals surface area contributed by atoms with E-state index in [1.54, 1.807) is 19.1 Å². The van der Waals surface area contributed by atoms with E-state index >= 15 is 0 Å². The van der Waals surface area contributed by atoms with Crippen molar-refractivity contribution in [1.29, 1.82) is 0 Å². The van der Waals surface area contributed by atoms with Gasteiger partial charge in [0.15, 0.2) is 0 Å². The standard InChI is InChI=1S/C11H12NO2/c1-12-10-7-9(14-2)5-3-8(10)4-6-11(12)13/h3,5H,4,6H2,1-2H3. The van der Waals surface area contributed by atoms with Crippen molar-refractivity contribution in [3.63, 3.8) is 0 Å². The van der Waals surface area contributed by atoms with Gasteiger partial charge in [-0.2, -0.15) is 0 Å². The second-order valence-corrected chi connectivity index (χ2v) is 3.35. The summed E-state index contributed by atoms with van der Waals surface area (Å²) in [7, 11) is 3.37. The summed E-state index contributed by atoms with van der Waals surface area (Å²) in [5.41, 5.74) is 2.01. The molecule has 0 saturated carbocycles. The van der Waals surface area contributed by atoms with Crippen LogP contribution in [0.2, 0.25) is 0 Å². The molecule has 0 unspecified atom stereocenters. The molecule has 0 saturated heterocycles. The van der Waals surface area contributed by atoms with Crippen molar-refractivity contribution < 1.29 is 9.53 Å². The molecule has 1 aromatic rings. The van der Waals surface area contributed by atoms with E-state index in [4.69, 9.17) is 4.74 Å². The highest BCUT2D eigenvalue weighted by Gasteiger charge is 2.21. The number of methoxy groups -OCH3 is 1. The fraction of sp³-hybridized carbons (Fsp3) is 0.364. The molecule has 0 bridgehead atoms. The van der Waals surface area contributed by atoms with Crippen molar-refractivity contribution in [2.45, 2.75) is 12.8 Å². The summed E-state index contributed by atoms with van der Waals surface area (Å²) >= 11 is 0. The molecule has 2 rings (SSSR count). The predicted molar refractivity (Wildman–Crippen MR) is 53.6 cm³/mol. The van der Waals surface area contributed by atoms with Crippen LogP contribution in [-0.2, 0) is 11.2 Å². The number of ether oxygens (including phenoxy) is 1. The van der Waals surface area contributed by atoms with Gasteiger partial charge in [-0.25, -0.2) is 0 Å². The van der Waals surface area contributed by atoms with Gasteiger partial charge in [0.25, 0.3) is 0 Å². The maximum absolute atomic E-state index is 11.4. The number of hydrogen-bond donors (Lipinski definition) is 0. The van der Waals surface area contributed by atoms with Crippen LogP contribution in [0.3, 0.4) is 0 Å². The van der Waals surface area contributed by atoms with E-state index < -0.39 is 0 Å². The van der Waals surface area contributed by atoms with Gasteiger partial charge in [-0.1, -0.05) is 6.07 Å². The van der Waals surface area contributed by atoms with Crippen LogP contribution in [0.4, 0.5) is 5.69 Å². The highest BCUT2D eigenvalue weighted by molar-refractivity contribution is 5.95. The van der Waals surface area contributed by atoms with Gasteiger partial charge < -0.3 is 9.64 Å². The van der Waals surface area contributed by atoms with E-state index in [9.17, 15) is 4.79 Å². The highest BCUT2D eigenvalue weighted by atomic mass is 16.5. The number of rotatable bonds is 1. The van der Waals surface area contributed by atoms with Gasteiger partial charge >= 0.3 is 0 Å². The molecule has 1 aliphatic heterocycles. The topological polar surface area (TPSA) is 29.5 Å². The summed E-state index contributed by atoms with van der Waals surface area (Å²) in [5, 5.41) is 0. The zero-order chi connectivity index (χ0) is 10.1. The van der Waals surface area contributed by atoms with Crippen molar-refractivity contribution in [2.75, 3.05) is 19.1 Å². The molecule has 1 aliphatic rings. The summed E-state index contributed by atoms with van der Waals surface area (Å²) < 4.78 is 5.07. The van der Waals surface area contributed by atoms with Crippen LogP contribution in [-0.4, -0.2) is 20.1 Å². The first-order chi connectivity index (χ1) is 6.72. The second kappa shape index (κ2) is 3.33. The predicted octanol–water partition coefficient (Wildman–Crippen LogP) is 1.40. The molecule has 1 radical (unpaired) electrons. The van der Waals surface area contributed by atoms with Gasteiger partial charge in [-0.15, -0.1) is 0 Å². The molecular formula is C11H12NO2. The number of anilines is 1. The van der Waals surface area contributed by atoms with Gasteiger partial charge in [0.05, 0.1) is 18.9 Å². The Morgan fingerprint density at radius 2 is 2.21 bits per heavy atom. The summed E-state index contributed by atoms with van der Waals surface area (Å²) in [6.45, 7) is 0. The first kappa shape index (κ1) is 9.06. The summed E-state index contributed by atoms with van der Waals surface area (Å²) in [5.74, 6) is 0.812. The molecule has 0 N–H and O–H groups in total. The van der Waals surface area contributed by atoms with E-state index in [0.717, 1.165) is 17.7 Å². The Bertz CT molecular complexity index is 374.